The molecule has 2 aromatic carbocycles. The van der Waals surface area contributed by atoms with Crippen LogP contribution in [0.25, 0.3) is 0 Å². The molecule has 0 heterocycles. The molecule has 3 heteroatoms. The summed E-state index contributed by atoms with van der Waals surface area (Å²) in [7, 11) is 0. The summed E-state index contributed by atoms with van der Waals surface area (Å²) in [4.78, 5) is 0. The zero-order valence-electron chi connectivity index (χ0n) is 11.1. The van der Waals surface area contributed by atoms with E-state index in [1.807, 2.05) is 19.9 Å². The van der Waals surface area contributed by atoms with Gasteiger partial charge in [0.15, 0.2) is 0 Å². The number of nitrogens with two attached hydrogens (primary N) is 1. The van der Waals surface area contributed by atoms with Crippen LogP contribution in [0.4, 0.5) is 8.78 Å². The highest BCUT2D eigenvalue weighted by Gasteiger charge is 2.15. The van der Waals surface area contributed by atoms with Crippen molar-refractivity contribution in [3.8, 4) is 0 Å². The molecule has 1 unspecified atom stereocenters. The van der Waals surface area contributed by atoms with E-state index in [0.717, 1.165) is 16.7 Å². The summed E-state index contributed by atoms with van der Waals surface area (Å²) in [5, 5.41) is 0. The van der Waals surface area contributed by atoms with Crippen molar-refractivity contribution < 1.29 is 8.78 Å². The molecular formula is C16H17F2N. The number of hydrogen-bond donors (Lipinski definition) is 1. The summed E-state index contributed by atoms with van der Waals surface area (Å²) in [6.45, 7) is 3.71. The van der Waals surface area contributed by atoms with E-state index in [9.17, 15) is 8.78 Å². The Morgan fingerprint density at radius 3 is 2.26 bits per heavy atom. The third-order valence-electron chi connectivity index (χ3n) is 3.22. The van der Waals surface area contributed by atoms with Crippen LogP contribution >= 0.6 is 0 Å². The van der Waals surface area contributed by atoms with Gasteiger partial charge in [-0.05, 0) is 55.2 Å². The predicted octanol–water partition coefficient (Wildman–Crippen LogP) is 3.82. The number of aryl methyl sites for hydroxylation is 2. The molecule has 2 N–H and O–H groups in total. The van der Waals surface area contributed by atoms with Crippen molar-refractivity contribution in [1.82, 2.24) is 0 Å². The molecule has 0 bridgehead atoms. The van der Waals surface area contributed by atoms with Gasteiger partial charge in [-0.25, -0.2) is 8.78 Å². The number of rotatable bonds is 3. The molecule has 2 rings (SSSR count). The molecule has 0 saturated carbocycles. The third-order valence-corrected chi connectivity index (χ3v) is 3.22. The van der Waals surface area contributed by atoms with Crippen LogP contribution in [0.5, 0.6) is 0 Å². The van der Waals surface area contributed by atoms with Gasteiger partial charge in [-0.3, -0.25) is 0 Å². The lowest BCUT2D eigenvalue weighted by Crippen LogP contribution is -2.16. The summed E-state index contributed by atoms with van der Waals surface area (Å²) in [5.74, 6) is -0.554. The highest BCUT2D eigenvalue weighted by Crippen LogP contribution is 2.24. The van der Waals surface area contributed by atoms with Crippen LogP contribution in [0.3, 0.4) is 0 Å². The number of hydrogen-bond acceptors (Lipinski definition) is 1. The van der Waals surface area contributed by atoms with Crippen LogP contribution in [0, 0.1) is 25.5 Å². The summed E-state index contributed by atoms with van der Waals surface area (Å²) >= 11 is 0. The number of halogens is 2. The first-order valence-electron chi connectivity index (χ1n) is 6.24. The van der Waals surface area contributed by atoms with E-state index >= 15 is 0 Å². The van der Waals surface area contributed by atoms with Gasteiger partial charge in [0.05, 0.1) is 0 Å². The monoisotopic (exact) mass is 261 g/mol. The molecule has 0 aliphatic rings. The average Bonchev–Trinajstić information content (AvgIpc) is 2.30. The summed E-state index contributed by atoms with van der Waals surface area (Å²) in [6.07, 6.45) is 0.487. The highest BCUT2D eigenvalue weighted by atomic mass is 19.1. The van der Waals surface area contributed by atoms with Gasteiger partial charge >= 0.3 is 0 Å². The Balaban J connectivity index is 2.25. The van der Waals surface area contributed by atoms with Crippen LogP contribution in [-0.4, -0.2) is 0 Å². The van der Waals surface area contributed by atoms with E-state index in [-0.39, 0.29) is 11.6 Å². The fourth-order valence-electron chi connectivity index (χ4n) is 2.37. The molecule has 0 radical (unpaired) electrons. The Hall–Kier alpha value is -1.74. The SMILES string of the molecule is Cc1cc(C)c(C(N)Cc2ccc(F)cc2)c(F)c1. The topological polar surface area (TPSA) is 26.0 Å². The molecule has 1 atom stereocenters. The van der Waals surface area contributed by atoms with Crippen LogP contribution < -0.4 is 5.73 Å². The van der Waals surface area contributed by atoms with Gasteiger partial charge < -0.3 is 5.73 Å². The van der Waals surface area contributed by atoms with E-state index < -0.39 is 6.04 Å². The lowest BCUT2D eigenvalue weighted by Gasteiger charge is -2.16. The average molecular weight is 261 g/mol. The van der Waals surface area contributed by atoms with E-state index in [0.29, 0.717) is 12.0 Å². The Morgan fingerprint density at radius 1 is 1.05 bits per heavy atom. The largest absolute Gasteiger partial charge is 0.324 e. The lowest BCUT2D eigenvalue weighted by molar-refractivity contribution is 0.575. The second kappa shape index (κ2) is 5.49. The quantitative estimate of drug-likeness (QED) is 0.893. The third kappa shape index (κ3) is 3.18. The lowest BCUT2D eigenvalue weighted by atomic mass is 9.94. The van der Waals surface area contributed by atoms with Crippen molar-refractivity contribution >= 4 is 0 Å². The molecule has 0 saturated heterocycles. The molecule has 0 aromatic heterocycles. The highest BCUT2D eigenvalue weighted by molar-refractivity contribution is 5.35. The molecule has 0 aliphatic carbocycles. The maximum absolute atomic E-state index is 14.0. The van der Waals surface area contributed by atoms with Gasteiger partial charge in [0.2, 0.25) is 0 Å². The Morgan fingerprint density at radius 2 is 1.68 bits per heavy atom. The zero-order valence-corrected chi connectivity index (χ0v) is 11.1. The second-order valence-electron chi connectivity index (χ2n) is 4.91. The fourth-order valence-corrected chi connectivity index (χ4v) is 2.37. The van der Waals surface area contributed by atoms with Crippen LogP contribution in [0.1, 0.15) is 28.3 Å². The minimum Gasteiger partial charge on any atom is -0.324 e. The Labute approximate surface area is 112 Å². The van der Waals surface area contributed by atoms with Crippen LogP contribution in [0.2, 0.25) is 0 Å². The molecule has 0 fully saturated rings. The Kier molecular flexibility index (Phi) is 3.96. The van der Waals surface area contributed by atoms with Crippen molar-refractivity contribution in [2.45, 2.75) is 26.3 Å². The van der Waals surface area contributed by atoms with Crippen LogP contribution in [0.15, 0.2) is 36.4 Å². The second-order valence-corrected chi connectivity index (χ2v) is 4.91. The fraction of sp³-hybridized carbons (Fsp3) is 0.250. The first kappa shape index (κ1) is 13.7. The number of benzene rings is 2. The van der Waals surface area contributed by atoms with Crippen molar-refractivity contribution in [2.24, 2.45) is 5.73 Å². The first-order chi connectivity index (χ1) is 8.97. The predicted molar refractivity (Wildman–Crippen MR) is 72.9 cm³/mol. The van der Waals surface area contributed by atoms with Gasteiger partial charge in [-0.15, -0.1) is 0 Å². The minimum absolute atomic E-state index is 0.271. The van der Waals surface area contributed by atoms with Gasteiger partial charge in [0.1, 0.15) is 11.6 Å². The van der Waals surface area contributed by atoms with Crippen molar-refractivity contribution in [3.63, 3.8) is 0 Å². The van der Waals surface area contributed by atoms with Gasteiger partial charge in [0.25, 0.3) is 0 Å². The van der Waals surface area contributed by atoms with Crippen molar-refractivity contribution in [3.05, 3.63) is 70.3 Å². The molecule has 100 valence electrons. The summed E-state index contributed by atoms with van der Waals surface area (Å²) in [5.41, 5.74) is 9.25. The summed E-state index contributed by atoms with van der Waals surface area (Å²) < 4.78 is 26.8. The minimum atomic E-state index is -0.425. The first-order valence-corrected chi connectivity index (χ1v) is 6.24. The normalized spacial score (nSPS) is 12.5. The van der Waals surface area contributed by atoms with E-state index in [1.165, 1.54) is 18.2 Å². The molecule has 0 spiro atoms. The molecule has 19 heavy (non-hydrogen) atoms. The van der Waals surface area contributed by atoms with Gasteiger partial charge in [0, 0.05) is 11.6 Å². The van der Waals surface area contributed by atoms with E-state index in [4.69, 9.17) is 5.73 Å². The maximum Gasteiger partial charge on any atom is 0.128 e. The van der Waals surface area contributed by atoms with Crippen LogP contribution in [-0.2, 0) is 6.42 Å². The molecular weight excluding hydrogens is 244 g/mol. The Bertz CT molecular complexity index is 553. The maximum atomic E-state index is 14.0. The van der Waals surface area contributed by atoms with Gasteiger partial charge in [-0.2, -0.15) is 0 Å². The zero-order chi connectivity index (χ0) is 14.0. The smallest absolute Gasteiger partial charge is 0.128 e. The molecule has 2 aromatic rings. The van der Waals surface area contributed by atoms with E-state index in [1.54, 1.807) is 12.1 Å². The standard InChI is InChI=1S/C16H17F2N/c1-10-7-11(2)16(14(18)8-10)15(19)9-12-3-5-13(17)6-4-12/h3-8,15H,9,19H2,1-2H3. The van der Waals surface area contributed by atoms with Crippen molar-refractivity contribution in [1.29, 1.82) is 0 Å². The molecule has 0 amide bonds. The van der Waals surface area contributed by atoms with Gasteiger partial charge in [-0.1, -0.05) is 18.2 Å². The van der Waals surface area contributed by atoms with E-state index in [2.05, 4.69) is 0 Å². The summed E-state index contributed by atoms with van der Waals surface area (Å²) in [6, 6.07) is 9.12. The molecule has 0 aliphatic heterocycles. The van der Waals surface area contributed by atoms with Crippen molar-refractivity contribution in [2.75, 3.05) is 0 Å². The molecule has 1 nitrogen and oxygen atoms in total.